The number of halogens is 1. The molecule has 0 aliphatic rings. The molecule has 0 fully saturated rings. The Kier molecular flexibility index (Phi) is 3.59. The van der Waals surface area contributed by atoms with Crippen molar-refractivity contribution in [3.63, 3.8) is 0 Å². The van der Waals surface area contributed by atoms with Crippen LogP contribution in [0.1, 0.15) is 11.4 Å². The fourth-order valence-electron chi connectivity index (χ4n) is 2.08. The topological polar surface area (TPSA) is 59.3 Å². The Balaban J connectivity index is 1.63. The molecule has 1 N–H and O–H groups in total. The molecule has 0 bridgehead atoms. The maximum absolute atomic E-state index is 13.0. The summed E-state index contributed by atoms with van der Waals surface area (Å²) in [7, 11) is 0. The normalized spacial score (nSPS) is 10.7. The van der Waals surface area contributed by atoms with Crippen LogP contribution < -0.4 is 5.32 Å². The predicted octanol–water partition coefficient (Wildman–Crippen LogP) is 1.73. The van der Waals surface area contributed by atoms with Crippen LogP contribution in [0.15, 0.2) is 48.7 Å². The number of amides is 1. The van der Waals surface area contributed by atoms with E-state index in [2.05, 4.69) is 15.5 Å². The summed E-state index contributed by atoms with van der Waals surface area (Å²) in [5.41, 5.74) is 1.37. The van der Waals surface area contributed by atoms with Crippen LogP contribution in [-0.4, -0.2) is 20.5 Å². The van der Waals surface area contributed by atoms with E-state index >= 15 is 0 Å². The number of pyridine rings is 1. The van der Waals surface area contributed by atoms with Crippen molar-refractivity contribution in [3.05, 3.63) is 65.9 Å². The van der Waals surface area contributed by atoms with E-state index in [0.717, 1.165) is 5.65 Å². The Bertz CT molecular complexity index is 784. The minimum absolute atomic E-state index is 0.133. The fourth-order valence-corrected chi connectivity index (χ4v) is 2.08. The number of nitrogens with zero attached hydrogens (tertiary/aromatic N) is 3. The second-order valence-electron chi connectivity index (χ2n) is 4.63. The van der Waals surface area contributed by atoms with Crippen molar-refractivity contribution in [2.75, 3.05) is 0 Å². The van der Waals surface area contributed by atoms with Gasteiger partial charge in [-0.15, -0.1) is 10.2 Å². The maximum atomic E-state index is 13.0. The molecule has 0 unspecified atom stereocenters. The Morgan fingerprint density at radius 3 is 2.95 bits per heavy atom. The molecule has 0 saturated carbocycles. The lowest BCUT2D eigenvalue weighted by atomic mass is 10.1. The molecule has 2 heterocycles. The lowest BCUT2D eigenvalue weighted by Gasteiger charge is -2.04. The first-order valence-electron chi connectivity index (χ1n) is 6.52. The Labute approximate surface area is 120 Å². The minimum Gasteiger partial charge on any atom is -0.348 e. The van der Waals surface area contributed by atoms with Crippen LogP contribution in [0.5, 0.6) is 0 Å². The second-order valence-corrected chi connectivity index (χ2v) is 4.63. The van der Waals surface area contributed by atoms with Crippen LogP contribution in [0.4, 0.5) is 4.39 Å². The van der Waals surface area contributed by atoms with E-state index in [1.54, 1.807) is 12.1 Å². The van der Waals surface area contributed by atoms with Crippen molar-refractivity contribution in [1.82, 2.24) is 19.9 Å². The average Bonchev–Trinajstić information content (AvgIpc) is 2.88. The third-order valence-electron chi connectivity index (χ3n) is 3.08. The Hall–Kier alpha value is -2.76. The summed E-state index contributed by atoms with van der Waals surface area (Å²) < 4.78 is 14.9. The van der Waals surface area contributed by atoms with Gasteiger partial charge in [0.1, 0.15) is 5.82 Å². The highest BCUT2D eigenvalue weighted by atomic mass is 19.1. The van der Waals surface area contributed by atoms with E-state index in [9.17, 15) is 9.18 Å². The molecular formula is C15H13FN4O. The van der Waals surface area contributed by atoms with Gasteiger partial charge in [-0.25, -0.2) is 4.39 Å². The lowest BCUT2D eigenvalue weighted by molar-refractivity contribution is -0.120. The molecule has 0 atom stereocenters. The van der Waals surface area contributed by atoms with E-state index in [-0.39, 0.29) is 24.7 Å². The van der Waals surface area contributed by atoms with Gasteiger partial charge in [0, 0.05) is 6.20 Å². The van der Waals surface area contributed by atoms with Crippen molar-refractivity contribution in [2.45, 2.75) is 13.0 Å². The van der Waals surface area contributed by atoms with Crippen molar-refractivity contribution < 1.29 is 9.18 Å². The van der Waals surface area contributed by atoms with Crippen molar-refractivity contribution >= 4 is 11.6 Å². The zero-order chi connectivity index (χ0) is 14.7. The number of benzene rings is 1. The van der Waals surface area contributed by atoms with Crippen LogP contribution in [-0.2, 0) is 17.8 Å². The molecule has 6 heteroatoms. The van der Waals surface area contributed by atoms with Gasteiger partial charge in [0.15, 0.2) is 11.5 Å². The monoisotopic (exact) mass is 284 g/mol. The quantitative estimate of drug-likeness (QED) is 0.793. The summed E-state index contributed by atoms with van der Waals surface area (Å²) in [5.74, 6) is 0.121. The third kappa shape index (κ3) is 3.05. The van der Waals surface area contributed by atoms with Crippen LogP contribution in [0.3, 0.4) is 0 Å². The number of carbonyl (C=O) groups is 1. The van der Waals surface area contributed by atoms with Gasteiger partial charge < -0.3 is 5.32 Å². The Morgan fingerprint density at radius 1 is 1.19 bits per heavy atom. The molecule has 0 spiro atoms. The number of carbonyl (C=O) groups excluding carboxylic acids is 1. The summed E-state index contributed by atoms with van der Waals surface area (Å²) in [4.78, 5) is 11.9. The summed E-state index contributed by atoms with van der Waals surface area (Å²) in [5, 5.41) is 10.8. The molecule has 3 rings (SSSR count). The number of aromatic nitrogens is 3. The number of hydrogen-bond donors (Lipinski definition) is 1. The van der Waals surface area contributed by atoms with Gasteiger partial charge in [0.2, 0.25) is 5.91 Å². The standard InChI is InChI=1S/C15H13FN4O/c16-12-5-3-4-11(8-12)9-15(21)17-10-14-19-18-13-6-1-2-7-20(13)14/h1-8H,9-10H2,(H,17,21). The molecule has 0 aliphatic heterocycles. The number of nitrogens with one attached hydrogen (secondary N) is 1. The highest BCUT2D eigenvalue weighted by Gasteiger charge is 2.08. The highest BCUT2D eigenvalue weighted by Crippen LogP contribution is 2.05. The third-order valence-corrected chi connectivity index (χ3v) is 3.08. The summed E-state index contributed by atoms with van der Waals surface area (Å²) in [6.07, 6.45) is 1.97. The van der Waals surface area contributed by atoms with Crippen molar-refractivity contribution in [3.8, 4) is 0 Å². The molecular weight excluding hydrogens is 271 g/mol. The molecule has 5 nitrogen and oxygen atoms in total. The van der Waals surface area contributed by atoms with Crippen LogP contribution in [0.25, 0.3) is 5.65 Å². The molecule has 1 aromatic carbocycles. The summed E-state index contributed by atoms with van der Waals surface area (Å²) in [6.45, 7) is 0.277. The first kappa shape index (κ1) is 13.2. The molecule has 106 valence electrons. The first-order chi connectivity index (χ1) is 10.2. The Morgan fingerprint density at radius 2 is 2.10 bits per heavy atom. The van der Waals surface area contributed by atoms with E-state index in [1.165, 1.54) is 12.1 Å². The minimum atomic E-state index is -0.344. The average molecular weight is 284 g/mol. The van der Waals surface area contributed by atoms with E-state index in [4.69, 9.17) is 0 Å². The molecule has 3 aromatic rings. The second kappa shape index (κ2) is 5.70. The van der Waals surface area contributed by atoms with Gasteiger partial charge in [0.25, 0.3) is 0 Å². The maximum Gasteiger partial charge on any atom is 0.224 e. The predicted molar refractivity (Wildman–Crippen MR) is 74.9 cm³/mol. The van der Waals surface area contributed by atoms with Gasteiger partial charge in [-0.05, 0) is 29.8 Å². The zero-order valence-corrected chi connectivity index (χ0v) is 11.2. The molecule has 2 aromatic heterocycles. The van der Waals surface area contributed by atoms with Crippen LogP contribution >= 0.6 is 0 Å². The van der Waals surface area contributed by atoms with Gasteiger partial charge in [0.05, 0.1) is 13.0 Å². The van der Waals surface area contributed by atoms with E-state index in [0.29, 0.717) is 11.4 Å². The summed E-state index contributed by atoms with van der Waals surface area (Å²) >= 11 is 0. The first-order valence-corrected chi connectivity index (χ1v) is 6.52. The molecule has 0 aliphatic carbocycles. The zero-order valence-electron chi connectivity index (χ0n) is 11.2. The smallest absolute Gasteiger partial charge is 0.224 e. The van der Waals surface area contributed by atoms with Crippen molar-refractivity contribution in [1.29, 1.82) is 0 Å². The van der Waals surface area contributed by atoms with E-state index in [1.807, 2.05) is 28.8 Å². The summed E-state index contributed by atoms with van der Waals surface area (Å²) in [6, 6.07) is 11.6. The van der Waals surface area contributed by atoms with Crippen LogP contribution in [0.2, 0.25) is 0 Å². The fraction of sp³-hybridized carbons (Fsp3) is 0.133. The van der Waals surface area contributed by atoms with Gasteiger partial charge in [-0.3, -0.25) is 9.20 Å². The molecule has 1 amide bonds. The van der Waals surface area contributed by atoms with Crippen molar-refractivity contribution in [2.24, 2.45) is 0 Å². The highest BCUT2D eigenvalue weighted by molar-refractivity contribution is 5.78. The van der Waals surface area contributed by atoms with E-state index < -0.39 is 0 Å². The van der Waals surface area contributed by atoms with Gasteiger partial charge in [-0.2, -0.15) is 0 Å². The van der Waals surface area contributed by atoms with Crippen LogP contribution in [0, 0.1) is 5.82 Å². The molecule has 0 saturated heterocycles. The number of fused-ring (bicyclic) bond motifs is 1. The molecule has 0 radical (unpaired) electrons. The SMILES string of the molecule is O=C(Cc1cccc(F)c1)NCc1nnc2ccccn12. The largest absolute Gasteiger partial charge is 0.348 e. The molecule has 21 heavy (non-hydrogen) atoms. The van der Waals surface area contributed by atoms with Gasteiger partial charge in [-0.1, -0.05) is 18.2 Å². The lowest BCUT2D eigenvalue weighted by Crippen LogP contribution is -2.25. The number of hydrogen-bond acceptors (Lipinski definition) is 3. The number of rotatable bonds is 4. The van der Waals surface area contributed by atoms with Gasteiger partial charge >= 0.3 is 0 Å².